The monoisotopic (exact) mass is 953 g/mol. The summed E-state index contributed by atoms with van der Waals surface area (Å²) >= 11 is 11.5. The number of hydrogen-bond donors (Lipinski definition) is 2. The van der Waals surface area contributed by atoms with Crippen molar-refractivity contribution < 1.29 is 25.6 Å². The average molecular weight is 955 g/mol. The minimum Gasteiger partial charge on any atom is -0.311 e. The predicted octanol–water partition coefficient (Wildman–Crippen LogP) is 11.7. The zero-order valence-corrected chi connectivity index (χ0v) is 38.3. The number of fused-ring (bicyclic) bond motifs is 2. The zero-order valence-electron chi connectivity index (χ0n) is 34.4. The van der Waals surface area contributed by atoms with E-state index in [1.54, 1.807) is 83.3 Å². The van der Waals surface area contributed by atoms with Crippen LogP contribution in [0.2, 0.25) is 10.0 Å². The SMILES string of the molecule is Fc1ccc2nccc(C3CCC4(CCN4)CC3)c2c1.O=S(=O)(Cl)Cc1ccc(Cl)cc1.O=S(=O)(Nc1ccc(Cl)cc1)N1CCC12CCC(c1ccnc3ccc(F)cc13)CC2. The highest BCUT2D eigenvalue weighted by molar-refractivity contribution is 8.13. The van der Waals surface area contributed by atoms with Crippen molar-refractivity contribution in [1.82, 2.24) is 19.6 Å². The van der Waals surface area contributed by atoms with Gasteiger partial charge in [-0.1, -0.05) is 35.3 Å². The Morgan fingerprint density at radius 1 is 0.667 bits per heavy atom. The van der Waals surface area contributed by atoms with Gasteiger partial charge in [-0.15, -0.1) is 0 Å². The molecule has 0 amide bonds. The quantitative estimate of drug-likeness (QED) is 0.153. The molecule has 4 fully saturated rings. The lowest BCUT2D eigenvalue weighted by Gasteiger charge is -2.54. The summed E-state index contributed by atoms with van der Waals surface area (Å²) in [5.41, 5.74) is 5.33. The third-order valence-electron chi connectivity index (χ3n) is 13.3. The van der Waals surface area contributed by atoms with Crippen LogP contribution < -0.4 is 10.0 Å². The van der Waals surface area contributed by atoms with Gasteiger partial charge in [-0.05, 0) is 184 Å². The smallest absolute Gasteiger partial charge is 0.302 e. The van der Waals surface area contributed by atoms with Gasteiger partial charge in [0, 0.05) is 67.2 Å². The first-order chi connectivity index (χ1) is 30.1. The summed E-state index contributed by atoms with van der Waals surface area (Å²) < 4.78 is 79.0. The van der Waals surface area contributed by atoms with E-state index >= 15 is 0 Å². The highest BCUT2D eigenvalue weighted by Gasteiger charge is 2.52. The van der Waals surface area contributed by atoms with Crippen LogP contribution >= 0.6 is 33.9 Å². The maximum atomic E-state index is 13.8. The highest BCUT2D eigenvalue weighted by Crippen LogP contribution is 2.50. The van der Waals surface area contributed by atoms with Crippen LogP contribution in [0.4, 0.5) is 14.5 Å². The van der Waals surface area contributed by atoms with Crippen LogP contribution in [-0.2, 0) is 25.0 Å². The van der Waals surface area contributed by atoms with Gasteiger partial charge in [0.2, 0.25) is 9.05 Å². The third kappa shape index (κ3) is 10.8. The lowest BCUT2D eigenvalue weighted by atomic mass is 9.69. The fraction of sp³-hybridized carbons (Fsp3) is 0.362. The van der Waals surface area contributed by atoms with Gasteiger partial charge in [0.05, 0.1) is 16.8 Å². The molecule has 0 atom stereocenters. The minimum atomic E-state index is -3.64. The first-order valence-electron chi connectivity index (χ1n) is 21.2. The Hall–Kier alpha value is -3.95. The van der Waals surface area contributed by atoms with Crippen molar-refractivity contribution in [2.45, 2.75) is 92.9 Å². The molecule has 2 saturated carbocycles. The minimum absolute atomic E-state index is 0.161. The van der Waals surface area contributed by atoms with Gasteiger partial charge in [-0.2, -0.15) is 12.7 Å². The summed E-state index contributed by atoms with van der Waals surface area (Å²) in [5.74, 6) is 0.229. The van der Waals surface area contributed by atoms with E-state index in [1.807, 2.05) is 12.3 Å². The number of halogens is 5. The van der Waals surface area contributed by atoms with Gasteiger partial charge in [-0.3, -0.25) is 14.7 Å². The number of pyridine rings is 2. The predicted molar refractivity (Wildman–Crippen MR) is 249 cm³/mol. The Balaban J connectivity index is 0.000000145. The number of aromatic nitrogens is 2. The molecule has 2 N–H and O–H groups in total. The van der Waals surface area contributed by atoms with Crippen molar-refractivity contribution in [3.8, 4) is 0 Å². The molecule has 2 aliphatic carbocycles. The van der Waals surface area contributed by atoms with Crippen LogP contribution in [0, 0.1) is 11.6 Å². The maximum Gasteiger partial charge on any atom is 0.302 e. The number of hydrogen-bond acceptors (Lipinski definition) is 7. The first kappa shape index (κ1) is 45.6. The lowest BCUT2D eigenvalue weighted by Crippen LogP contribution is -2.64. The van der Waals surface area contributed by atoms with Crippen LogP contribution in [0.15, 0.2) is 109 Å². The Kier molecular flexibility index (Phi) is 13.7. The van der Waals surface area contributed by atoms with Gasteiger partial charge in [-0.25, -0.2) is 17.2 Å². The molecule has 4 aliphatic rings. The molecule has 9 nitrogen and oxygen atoms in total. The topological polar surface area (TPSA) is 121 Å². The van der Waals surface area contributed by atoms with Crippen molar-refractivity contribution in [3.05, 3.63) is 148 Å². The molecule has 2 aliphatic heterocycles. The Morgan fingerprint density at radius 3 is 1.60 bits per heavy atom. The fourth-order valence-corrected chi connectivity index (χ4v) is 12.6. The molecule has 0 radical (unpaired) electrons. The molecule has 2 saturated heterocycles. The molecule has 0 bridgehead atoms. The summed E-state index contributed by atoms with van der Waals surface area (Å²) in [6, 6.07) is 26.8. The van der Waals surface area contributed by atoms with E-state index in [0.717, 1.165) is 59.5 Å². The zero-order chi connectivity index (χ0) is 44.4. The number of rotatable bonds is 7. The van der Waals surface area contributed by atoms with E-state index in [9.17, 15) is 25.6 Å². The van der Waals surface area contributed by atoms with Crippen LogP contribution in [0.1, 0.15) is 92.7 Å². The molecule has 10 rings (SSSR count). The van der Waals surface area contributed by atoms with Crippen molar-refractivity contribution in [1.29, 1.82) is 0 Å². The van der Waals surface area contributed by atoms with E-state index in [2.05, 4.69) is 26.1 Å². The van der Waals surface area contributed by atoms with Crippen molar-refractivity contribution in [3.63, 3.8) is 0 Å². The molecular formula is C47H48Cl3F2N5O4S2. The normalized spacial score (nSPS) is 23.5. The van der Waals surface area contributed by atoms with E-state index < -0.39 is 19.3 Å². The van der Waals surface area contributed by atoms with Gasteiger partial charge in [0.15, 0.2) is 0 Å². The number of nitrogens with one attached hydrogen (secondary N) is 2. The van der Waals surface area contributed by atoms with E-state index in [-0.39, 0.29) is 28.8 Å². The highest BCUT2D eigenvalue weighted by atomic mass is 35.7. The second-order valence-electron chi connectivity index (χ2n) is 17.1. The van der Waals surface area contributed by atoms with Crippen LogP contribution in [0.25, 0.3) is 21.8 Å². The second kappa shape index (κ2) is 18.9. The Labute approximate surface area is 382 Å². The van der Waals surface area contributed by atoms with E-state index in [0.29, 0.717) is 39.3 Å². The Bertz CT molecular complexity index is 2800. The van der Waals surface area contributed by atoms with Gasteiger partial charge < -0.3 is 5.32 Å². The lowest BCUT2D eigenvalue weighted by molar-refractivity contribution is 0.0286. The summed E-state index contributed by atoms with van der Waals surface area (Å²) in [6.07, 6.45) is 14.0. The number of benzene rings is 4. The largest absolute Gasteiger partial charge is 0.311 e. The van der Waals surface area contributed by atoms with Crippen LogP contribution in [0.5, 0.6) is 0 Å². The number of anilines is 1. The fourth-order valence-electron chi connectivity index (χ4n) is 9.74. The van der Waals surface area contributed by atoms with Gasteiger partial charge in [0.1, 0.15) is 11.6 Å². The summed E-state index contributed by atoms with van der Waals surface area (Å²) in [5, 5.41) is 6.59. The molecule has 0 unspecified atom stereocenters. The summed E-state index contributed by atoms with van der Waals surface area (Å²) in [4.78, 5) is 8.71. The molecule has 4 aromatic carbocycles. The summed E-state index contributed by atoms with van der Waals surface area (Å²) in [6.45, 7) is 1.70. The van der Waals surface area contributed by atoms with E-state index in [4.69, 9.17) is 33.9 Å². The molecule has 16 heteroatoms. The Morgan fingerprint density at radius 2 is 1.16 bits per heavy atom. The van der Waals surface area contributed by atoms with Gasteiger partial charge >= 0.3 is 10.2 Å². The molecular weight excluding hydrogens is 907 g/mol. The van der Waals surface area contributed by atoms with Crippen molar-refractivity contribution >= 4 is 80.6 Å². The van der Waals surface area contributed by atoms with Crippen molar-refractivity contribution in [2.24, 2.45) is 0 Å². The average Bonchev–Trinajstić information content (AvgIpc) is 3.24. The molecule has 6 aromatic rings. The molecule has 63 heavy (non-hydrogen) atoms. The van der Waals surface area contributed by atoms with Crippen LogP contribution in [0.3, 0.4) is 0 Å². The molecule has 2 aromatic heterocycles. The molecule has 332 valence electrons. The standard InChI is InChI=1S/C23H23ClFN3O2S.C17H19FN2.C7H6Cl2O2S/c24-17-1-4-19(5-2-17)27-31(29,30)28-14-12-23(28)10-7-16(8-11-23)20-9-13-26-22-6-3-18(25)15-21(20)22;18-13-1-2-16-15(11-13)14(5-9-19-16)12-3-6-17(7-4-12)8-10-20-17;8-7-3-1-6(2-4-7)5-12(9,10)11/h1-6,9,13,15-16,27H,7-8,10-12,14H2;1-2,5,9,11-12,20H,3-4,6-8,10H2;1-4H,5H2. The second-order valence-corrected chi connectivity index (χ2v) is 22.3. The van der Waals surface area contributed by atoms with E-state index in [1.165, 1.54) is 56.3 Å². The third-order valence-corrected chi connectivity index (χ3v) is 16.4. The van der Waals surface area contributed by atoms with Gasteiger partial charge in [0.25, 0.3) is 0 Å². The maximum absolute atomic E-state index is 13.8. The van der Waals surface area contributed by atoms with Crippen molar-refractivity contribution in [2.75, 3.05) is 17.8 Å². The van der Waals surface area contributed by atoms with Crippen LogP contribution in [-0.4, -0.2) is 55.3 Å². The summed E-state index contributed by atoms with van der Waals surface area (Å²) in [7, 11) is -2.05. The molecule has 4 heterocycles. The molecule has 2 spiro atoms. The number of nitrogens with zero attached hydrogens (tertiary/aromatic N) is 3. The first-order valence-corrected chi connectivity index (χ1v) is 25.8.